The van der Waals surface area contributed by atoms with Crippen molar-refractivity contribution in [3.63, 3.8) is 0 Å². The minimum Gasteiger partial charge on any atom is -0.326 e. The molecule has 1 fully saturated rings. The van der Waals surface area contributed by atoms with Gasteiger partial charge in [-0.2, -0.15) is 0 Å². The number of hydrogen-bond donors (Lipinski definition) is 1. The van der Waals surface area contributed by atoms with Crippen molar-refractivity contribution in [2.24, 2.45) is 5.73 Å². The molecule has 2 nitrogen and oxygen atoms in total. The van der Waals surface area contributed by atoms with E-state index in [4.69, 9.17) is 17.3 Å². The second-order valence-corrected chi connectivity index (χ2v) is 6.42. The van der Waals surface area contributed by atoms with E-state index in [2.05, 4.69) is 30.9 Å². The number of nitrogens with zero attached hydrogens (tertiary/aromatic N) is 1. The molecule has 0 aliphatic heterocycles. The molecule has 2 N–H and O–H groups in total. The third kappa shape index (κ3) is 3.75. The molecule has 0 heterocycles. The van der Waals surface area contributed by atoms with Crippen LogP contribution in [0.3, 0.4) is 0 Å². The first-order valence-corrected chi connectivity index (χ1v) is 8.28. The predicted octanol–water partition coefficient (Wildman–Crippen LogP) is 4.38. The van der Waals surface area contributed by atoms with Gasteiger partial charge in [-0.05, 0) is 44.0 Å². The molecule has 2 atom stereocenters. The Morgan fingerprint density at radius 2 is 2.00 bits per heavy atom. The molecule has 0 bridgehead atoms. The number of nitrogens with two attached hydrogens (primary N) is 1. The van der Waals surface area contributed by atoms with E-state index in [0.29, 0.717) is 6.04 Å². The standard InChI is InChI=1S/C17H27ClN2/c1-3-20(16-10-5-4-6-11-16)17(13(2)19)14-8-7-9-15(18)12-14/h7-9,12-13,16-17H,3-6,10-11,19H2,1-2H3. The van der Waals surface area contributed by atoms with Gasteiger partial charge in [0.25, 0.3) is 0 Å². The van der Waals surface area contributed by atoms with Crippen molar-refractivity contribution in [1.29, 1.82) is 0 Å². The summed E-state index contributed by atoms with van der Waals surface area (Å²) in [6.07, 6.45) is 6.69. The maximum Gasteiger partial charge on any atom is 0.0499 e. The fraction of sp³-hybridized carbons (Fsp3) is 0.647. The van der Waals surface area contributed by atoms with E-state index in [1.807, 2.05) is 12.1 Å². The molecular formula is C17H27ClN2. The fourth-order valence-electron chi connectivity index (χ4n) is 3.58. The quantitative estimate of drug-likeness (QED) is 0.873. The summed E-state index contributed by atoms with van der Waals surface area (Å²) in [5.74, 6) is 0. The molecule has 3 heteroatoms. The predicted molar refractivity (Wildman–Crippen MR) is 87.1 cm³/mol. The Morgan fingerprint density at radius 1 is 1.30 bits per heavy atom. The van der Waals surface area contributed by atoms with Crippen molar-refractivity contribution in [2.75, 3.05) is 6.54 Å². The van der Waals surface area contributed by atoms with E-state index in [0.717, 1.165) is 11.6 Å². The summed E-state index contributed by atoms with van der Waals surface area (Å²) in [7, 11) is 0. The van der Waals surface area contributed by atoms with Crippen LogP contribution in [0.25, 0.3) is 0 Å². The normalized spacial score (nSPS) is 20.1. The molecule has 2 rings (SSSR count). The van der Waals surface area contributed by atoms with Crippen LogP contribution in [0.1, 0.15) is 57.6 Å². The van der Waals surface area contributed by atoms with Crippen molar-refractivity contribution in [3.05, 3.63) is 34.9 Å². The van der Waals surface area contributed by atoms with Crippen molar-refractivity contribution < 1.29 is 0 Å². The van der Waals surface area contributed by atoms with Gasteiger partial charge in [-0.1, -0.05) is 49.9 Å². The average molecular weight is 295 g/mol. The van der Waals surface area contributed by atoms with Gasteiger partial charge in [-0.25, -0.2) is 0 Å². The van der Waals surface area contributed by atoms with E-state index in [1.165, 1.54) is 37.7 Å². The lowest BCUT2D eigenvalue weighted by Gasteiger charge is -2.41. The Kier molecular flexibility index (Phi) is 5.88. The number of rotatable bonds is 5. The molecule has 0 radical (unpaired) electrons. The molecule has 1 aliphatic rings. The lowest BCUT2D eigenvalue weighted by molar-refractivity contribution is 0.0974. The summed E-state index contributed by atoms with van der Waals surface area (Å²) in [6, 6.07) is 9.23. The second-order valence-electron chi connectivity index (χ2n) is 5.98. The maximum absolute atomic E-state index is 6.32. The summed E-state index contributed by atoms with van der Waals surface area (Å²) in [5, 5.41) is 0.799. The topological polar surface area (TPSA) is 29.3 Å². The molecule has 0 amide bonds. The van der Waals surface area contributed by atoms with Crippen LogP contribution in [0.15, 0.2) is 24.3 Å². The minimum atomic E-state index is 0.107. The van der Waals surface area contributed by atoms with E-state index in [-0.39, 0.29) is 12.1 Å². The summed E-state index contributed by atoms with van der Waals surface area (Å²) in [6.45, 7) is 5.40. The molecule has 1 saturated carbocycles. The van der Waals surface area contributed by atoms with Gasteiger partial charge in [-0.15, -0.1) is 0 Å². The molecule has 0 saturated heterocycles. The number of halogens is 1. The Balaban J connectivity index is 2.25. The van der Waals surface area contributed by atoms with Gasteiger partial charge in [0.05, 0.1) is 0 Å². The van der Waals surface area contributed by atoms with Gasteiger partial charge in [-0.3, -0.25) is 4.90 Å². The minimum absolute atomic E-state index is 0.107. The molecule has 0 spiro atoms. The van der Waals surface area contributed by atoms with Crippen molar-refractivity contribution in [2.45, 2.75) is 64.1 Å². The van der Waals surface area contributed by atoms with E-state index >= 15 is 0 Å². The largest absolute Gasteiger partial charge is 0.326 e. The Labute approximate surface area is 128 Å². The molecule has 0 aromatic heterocycles. The van der Waals surface area contributed by atoms with Crippen LogP contribution in [0.2, 0.25) is 5.02 Å². The molecule has 1 aliphatic carbocycles. The Bertz CT molecular complexity index is 413. The molecule has 112 valence electrons. The van der Waals surface area contributed by atoms with Crippen LogP contribution in [0, 0.1) is 0 Å². The highest BCUT2D eigenvalue weighted by Crippen LogP contribution is 2.32. The summed E-state index contributed by atoms with van der Waals surface area (Å²) in [4.78, 5) is 2.59. The molecule has 1 aromatic rings. The summed E-state index contributed by atoms with van der Waals surface area (Å²) < 4.78 is 0. The monoisotopic (exact) mass is 294 g/mol. The molecule has 2 unspecified atom stereocenters. The van der Waals surface area contributed by atoms with Crippen LogP contribution in [0.5, 0.6) is 0 Å². The first kappa shape index (κ1) is 15.8. The van der Waals surface area contributed by atoms with Gasteiger partial charge in [0, 0.05) is 23.1 Å². The van der Waals surface area contributed by atoms with Crippen LogP contribution in [-0.2, 0) is 0 Å². The van der Waals surface area contributed by atoms with E-state index in [9.17, 15) is 0 Å². The highest BCUT2D eigenvalue weighted by atomic mass is 35.5. The van der Waals surface area contributed by atoms with Gasteiger partial charge >= 0.3 is 0 Å². The van der Waals surface area contributed by atoms with Crippen molar-refractivity contribution in [1.82, 2.24) is 4.90 Å². The molecule has 1 aromatic carbocycles. The highest BCUT2D eigenvalue weighted by Gasteiger charge is 2.29. The first-order chi connectivity index (χ1) is 9.63. The lowest BCUT2D eigenvalue weighted by Crippen LogP contribution is -2.45. The molecular weight excluding hydrogens is 268 g/mol. The zero-order valence-electron chi connectivity index (χ0n) is 12.7. The third-order valence-corrected chi connectivity index (χ3v) is 4.69. The SMILES string of the molecule is CCN(C1CCCCC1)C(c1cccc(Cl)c1)C(C)N. The van der Waals surface area contributed by atoms with Gasteiger partial charge < -0.3 is 5.73 Å². The zero-order chi connectivity index (χ0) is 14.5. The van der Waals surface area contributed by atoms with Crippen LogP contribution >= 0.6 is 11.6 Å². The first-order valence-electron chi connectivity index (χ1n) is 7.90. The number of benzene rings is 1. The number of likely N-dealkylation sites (N-methyl/N-ethyl adjacent to an activating group) is 1. The van der Waals surface area contributed by atoms with Gasteiger partial charge in [0.2, 0.25) is 0 Å². The summed E-state index contributed by atoms with van der Waals surface area (Å²) in [5.41, 5.74) is 7.57. The second kappa shape index (κ2) is 7.44. The zero-order valence-corrected chi connectivity index (χ0v) is 13.4. The summed E-state index contributed by atoms with van der Waals surface area (Å²) >= 11 is 6.17. The fourth-order valence-corrected chi connectivity index (χ4v) is 3.78. The van der Waals surface area contributed by atoms with Crippen LogP contribution in [-0.4, -0.2) is 23.5 Å². The lowest BCUT2D eigenvalue weighted by atomic mass is 9.90. The van der Waals surface area contributed by atoms with Gasteiger partial charge in [0.15, 0.2) is 0 Å². The van der Waals surface area contributed by atoms with E-state index < -0.39 is 0 Å². The Morgan fingerprint density at radius 3 is 2.55 bits per heavy atom. The Hall–Kier alpha value is -0.570. The van der Waals surface area contributed by atoms with Crippen LogP contribution in [0.4, 0.5) is 0 Å². The average Bonchev–Trinajstić information content (AvgIpc) is 2.45. The van der Waals surface area contributed by atoms with E-state index in [1.54, 1.807) is 0 Å². The number of hydrogen-bond acceptors (Lipinski definition) is 2. The van der Waals surface area contributed by atoms with Gasteiger partial charge in [0.1, 0.15) is 0 Å². The van der Waals surface area contributed by atoms with Crippen molar-refractivity contribution in [3.8, 4) is 0 Å². The van der Waals surface area contributed by atoms with Crippen molar-refractivity contribution >= 4 is 11.6 Å². The molecule has 20 heavy (non-hydrogen) atoms. The maximum atomic E-state index is 6.32. The third-order valence-electron chi connectivity index (χ3n) is 4.45. The smallest absolute Gasteiger partial charge is 0.0499 e. The van der Waals surface area contributed by atoms with Crippen LogP contribution < -0.4 is 5.73 Å². The highest BCUT2D eigenvalue weighted by molar-refractivity contribution is 6.30.